The molecule has 0 spiro atoms. The highest BCUT2D eigenvalue weighted by Gasteiger charge is 2.41. The Labute approximate surface area is 154 Å². The lowest BCUT2D eigenvalue weighted by atomic mass is 9.98. The fraction of sp³-hybridized carbons (Fsp3) is 0.0455. The fourth-order valence-electron chi connectivity index (χ4n) is 3.11. The van der Waals surface area contributed by atoms with Gasteiger partial charge in [0.1, 0.15) is 5.69 Å². The fourth-order valence-corrected chi connectivity index (χ4v) is 3.11. The summed E-state index contributed by atoms with van der Waals surface area (Å²) in [5.41, 5.74) is 1.08. The van der Waals surface area contributed by atoms with Crippen LogP contribution >= 0.6 is 0 Å². The SMILES string of the molecule is FC(F)(F)c1c(-c2ccccc2)c(-c2ccccc2)nn1-c1ccccc1. The van der Waals surface area contributed by atoms with Crippen molar-refractivity contribution in [3.63, 3.8) is 0 Å². The van der Waals surface area contributed by atoms with Crippen LogP contribution in [0.15, 0.2) is 91.0 Å². The number of rotatable bonds is 3. The van der Waals surface area contributed by atoms with Crippen LogP contribution in [-0.2, 0) is 6.18 Å². The molecule has 0 aliphatic rings. The van der Waals surface area contributed by atoms with Gasteiger partial charge in [-0.05, 0) is 17.7 Å². The number of para-hydroxylation sites is 1. The third-order valence-corrected chi connectivity index (χ3v) is 4.26. The van der Waals surface area contributed by atoms with Gasteiger partial charge in [0.05, 0.1) is 5.69 Å². The molecule has 0 unspecified atom stereocenters. The molecule has 27 heavy (non-hydrogen) atoms. The standard InChI is InChI=1S/C22H15F3N2/c23-22(24,25)21-19(16-10-4-1-5-11-16)20(17-12-6-2-7-13-17)26-27(21)18-14-8-3-9-15-18/h1-15H. The van der Waals surface area contributed by atoms with Crippen molar-refractivity contribution in [2.24, 2.45) is 0 Å². The van der Waals surface area contributed by atoms with Gasteiger partial charge in [0.15, 0.2) is 5.69 Å². The van der Waals surface area contributed by atoms with Crippen LogP contribution in [0.3, 0.4) is 0 Å². The van der Waals surface area contributed by atoms with E-state index in [2.05, 4.69) is 5.10 Å². The summed E-state index contributed by atoms with van der Waals surface area (Å²) < 4.78 is 43.4. The third-order valence-electron chi connectivity index (χ3n) is 4.26. The van der Waals surface area contributed by atoms with E-state index in [0.717, 1.165) is 4.68 Å². The zero-order chi connectivity index (χ0) is 18.9. The second kappa shape index (κ2) is 6.76. The first-order chi connectivity index (χ1) is 13.1. The predicted octanol–water partition coefficient (Wildman–Crippen LogP) is 6.23. The molecule has 0 saturated heterocycles. The molecule has 0 N–H and O–H groups in total. The summed E-state index contributed by atoms with van der Waals surface area (Å²) >= 11 is 0. The molecule has 5 heteroatoms. The monoisotopic (exact) mass is 364 g/mol. The van der Waals surface area contributed by atoms with Crippen LogP contribution in [0, 0.1) is 0 Å². The van der Waals surface area contributed by atoms with E-state index >= 15 is 0 Å². The van der Waals surface area contributed by atoms with Crippen LogP contribution in [0.25, 0.3) is 28.1 Å². The Morgan fingerprint density at radius 1 is 0.630 bits per heavy atom. The third kappa shape index (κ3) is 3.24. The van der Waals surface area contributed by atoms with Gasteiger partial charge in [-0.2, -0.15) is 18.3 Å². The molecule has 0 amide bonds. The molecule has 0 saturated carbocycles. The molecule has 2 nitrogen and oxygen atoms in total. The zero-order valence-corrected chi connectivity index (χ0v) is 14.2. The van der Waals surface area contributed by atoms with Crippen LogP contribution in [0.1, 0.15) is 5.69 Å². The first kappa shape index (κ1) is 17.1. The van der Waals surface area contributed by atoms with E-state index in [-0.39, 0.29) is 5.56 Å². The lowest BCUT2D eigenvalue weighted by molar-refractivity contribution is -0.142. The van der Waals surface area contributed by atoms with Gasteiger partial charge in [0.2, 0.25) is 0 Å². The Kier molecular flexibility index (Phi) is 4.28. The van der Waals surface area contributed by atoms with E-state index in [1.807, 2.05) is 6.07 Å². The average Bonchev–Trinajstić information content (AvgIpc) is 3.11. The maximum atomic E-state index is 14.1. The Morgan fingerprint density at radius 2 is 1.11 bits per heavy atom. The number of hydrogen-bond acceptors (Lipinski definition) is 1. The average molecular weight is 364 g/mol. The van der Waals surface area contributed by atoms with Crippen molar-refractivity contribution in [2.45, 2.75) is 6.18 Å². The van der Waals surface area contributed by atoms with Gasteiger partial charge in [0.25, 0.3) is 0 Å². The molecule has 0 aliphatic heterocycles. The topological polar surface area (TPSA) is 17.8 Å². The van der Waals surface area contributed by atoms with Gasteiger partial charge in [0, 0.05) is 11.1 Å². The van der Waals surface area contributed by atoms with Gasteiger partial charge < -0.3 is 0 Å². The summed E-state index contributed by atoms with van der Waals surface area (Å²) in [6.45, 7) is 0. The highest BCUT2D eigenvalue weighted by molar-refractivity contribution is 5.83. The molecule has 134 valence electrons. The normalized spacial score (nSPS) is 11.5. The molecule has 0 fully saturated rings. The van der Waals surface area contributed by atoms with E-state index < -0.39 is 11.9 Å². The number of nitrogens with zero attached hydrogens (tertiary/aromatic N) is 2. The summed E-state index contributed by atoms with van der Waals surface area (Å²) in [5, 5.41) is 4.39. The van der Waals surface area contributed by atoms with Crippen molar-refractivity contribution in [1.29, 1.82) is 0 Å². The molecule has 4 aromatic rings. The second-order valence-electron chi connectivity index (χ2n) is 6.05. The molecule has 1 heterocycles. The largest absolute Gasteiger partial charge is 0.434 e. The Bertz CT molecular complexity index is 1040. The van der Waals surface area contributed by atoms with E-state index in [1.165, 1.54) is 0 Å². The molecule has 0 bridgehead atoms. The molecule has 1 aromatic heterocycles. The Morgan fingerprint density at radius 3 is 1.63 bits per heavy atom. The van der Waals surface area contributed by atoms with Crippen LogP contribution in [0.2, 0.25) is 0 Å². The van der Waals surface area contributed by atoms with Crippen molar-refractivity contribution in [1.82, 2.24) is 9.78 Å². The summed E-state index contributed by atoms with van der Waals surface area (Å²) in [7, 11) is 0. The quantitative estimate of drug-likeness (QED) is 0.422. The smallest absolute Gasteiger partial charge is 0.227 e. The van der Waals surface area contributed by atoms with Gasteiger partial charge in [-0.1, -0.05) is 78.9 Å². The van der Waals surface area contributed by atoms with Crippen LogP contribution < -0.4 is 0 Å². The molecule has 4 rings (SSSR count). The zero-order valence-electron chi connectivity index (χ0n) is 14.2. The van der Waals surface area contributed by atoms with Crippen molar-refractivity contribution in [3.8, 4) is 28.1 Å². The van der Waals surface area contributed by atoms with E-state index in [9.17, 15) is 13.2 Å². The first-order valence-electron chi connectivity index (χ1n) is 8.42. The van der Waals surface area contributed by atoms with Gasteiger partial charge in [-0.3, -0.25) is 0 Å². The molecule has 0 aliphatic carbocycles. The number of hydrogen-bond donors (Lipinski definition) is 0. The highest BCUT2D eigenvalue weighted by atomic mass is 19.4. The minimum absolute atomic E-state index is 0.0816. The van der Waals surface area contributed by atoms with E-state index in [4.69, 9.17) is 0 Å². The maximum Gasteiger partial charge on any atom is 0.434 e. The number of benzene rings is 3. The lowest BCUT2D eigenvalue weighted by Crippen LogP contribution is -2.14. The predicted molar refractivity (Wildman–Crippen MR) is 99.4 cm³/mol. The summed E-state index contributed by atoms with van der Waals surface area (Å²) in [6, 6.07) is 25.9. The molecular formula is C22H15F3N2. The van der Waals surface area contributed by atoms with Crippen molar-refractivity contribution in [2.75, 3.05) is 0 Å². The molecular weight excluding hydrogens is 349 g/mol. The molecule has 3 aromatic carbocycles. The van der Waals surface area contributed by atoms with Crippen molar-refractivity contribution >= 4 is 0 Å². The second-order valence-corrected chi connectivity index (χ2v) is 6.05. The van der Waals surface area contributed by atoms with Crippen molar-refractivity contribution < 1.29 is 13.2 Å². The van der Waals surface area contributed by atoms with Gasteiger partial charge >= 0.3 is 6.18 Å². The van der Waals surface area contributed by atoms with Gasteiger partial charge in [-0.15, -0.1) is 0 Å². The lowest BCUT2D eigenvalue weighted by Gasteiger charge is -2.13. The Balaban J connectivity index is 2.09. The van der Waals surface area contributed by atoms with E-state index in [1.54, 1.807) is 84.9 Å². The van der Waals surface area contributed by atoms with Gasteiger partial charge in [-0.25, -0.2) is 4.68 Å². The van der Waals surface area contributed by atoms with Crippen LogP contribution in [0.4, 0.5) is 13.2 Å². The number of aromatic nitrogens is 2. The number of alkyl halides is 3. The van der Waals surface area contributed by atoms with Crippen LogP contribution in [0.5, 0.6) is 0 Å². The van der Waals surface area contributed by atoms with E-state index in [0.29, 0.717) is 22.5 Å². The number of halogens is 3. The summed E-state index contributed by atoms with van der Waals surface area (Å²) in [5.74, 6) is 0. The summed E-state index contributed by atoms with van der Waals surface area (Å²) in [6.07, 6.45) is -4.57. The first-order valence-corrected chi connectivity index (χ1v) is 8.42. The minimum atomic E-state index is -4.57. The Hall–Kier alpha value is -3.34. The maximum absolute atomic E-state index is 14.1. The highest BCUT2D eigenvalue weighted by Crippen LogP contribution is 2.43. The minimum Gasteiger partial charge on any atom is -0.227 e. The molecule has 0 atom stereocenters. The molecule has 0 radical (unpaired) electrons. The van der Waals surface area contributed by atoms with Crippen LogP contribution in [-0.4, -0.2) is 9.78 Å². The summed E-state index contributed by atoms with van der Waals surface area (Å²) in [4.78, 5) is 0. The van der Waals surface area contributed by atoms with Crippen molar-refractivity contribution in [3.05, 3.63) is 96.7 Å².